The number of nitrogens with two attached hydrogens (primary N) is 1. The van der Waals surface area contributed by atoms with Crippen LogP contribution in [-0.2, 0) is 0 Å². The number of H-pyrrole nitrogens is 1. The lowest BCUT2D eigenvalue weighted by Gasteiger charge is -2.08. The smallest absolute Gasteiger partial charge is 0.255 e. The van der Waals surface area contributed by atoms with Gasteiger partial charge in [-0.25, -0.2) is 4.98 Å². The van der Waals surface area contributed by atoms with Crippen LogP contribution >= 0.6 is 0 Å². The SMILES string of the molecule is Cc1ccccc1NC(N)=Nc1nc(C)c(C)c(=O)[nH]1. The Morgan fingerprint density at radius 1 is 1.30 bits per heavy atom. The summed E-state index contributed by atoms with van der Waals surface area (Å²) in [7, 11) is 0. The van der Waals surface area contributed by atoms with Gasteiger partial charge >= 0.3 is 0 Å². The van der Waals surface area contributed by atoms with Crippen molar-refractivity contribution in [3.63, 3.8) is 0 Å². The van der Waals surface area contributed by atoms with Crippen LogP contribution in [-0.4, -0.2) is 15.9 Å². The van der Waals surface area contributed by atoms with E-state index in [4.69, 9.17) is 5.73 Å². The Balaban J connectivity index is 2.27. The third-order valence-corrected chi connectivity index (χ3v) is 3.02. The molecule has 104 valence electrons. The second kappa shape index (κ2) is 5.56. The molecule has 1 aromatic heterocycles. The summed E-state index contributed by atoms with van der Waals surface area (Å²) in [4.78, 5) is 22.5. The maximum absolute atomic E-state index is 11.6. The molecule has 0 aliphatic carbocycles. The number of hydrogen-bond donors (Lipinski definition) is 3. The quantitative estimate of drug-likeness (QED) is 0.572. The summed E-state index contributed by atoms with van der Waals surface area (Å²) < 4.78 is 0. The first-order valence-corrected chi connectivity index (χ1v) is 6.21. The molecule has 4 N–H and O–H groups in total. The molecule has 0 saturated carbocycles. The maximum atomic E-state index is 11.6. The van der Waals surface area contributed by atoms with Crippen molar-refractivity contribution in [2.45, 2.75) is 20.8 Å². The topological polar surface area (TPSA) is 96.2 Å². The van der Waals surface area contributed by atoms with Gasteiger partial charge in [0.15, 0.2) is 0 Å². The first-order valence-electron chi connectivity index (χ1n) is 6.21. The van der Waals surface area contributed by atoms with Gasteiger partial charge in [0.1, 0.15) is 0 Å². The molecule has 0 aliphatic rings. The highest BCUT2D eigenvalue weighted by molar-refractivity contribution is 5.94. The van der Waals surface area contributed by atoms with Crippen LogP contribution < -0.4 is 16.6 Å². The Kier molecular flexibility index (Phi) is 3.84. The van der Waals surface area contributed by atoms with Crippen molar-refractivity contribution in [1.29, 1.82) is 0 Å². The Morgan fingerprint density at radius 2 is 2.00 bits per heavy atom. The van der Waals surface area contributed by atoms with E-state index in [1.807, 2.05) is 31.2 Å². The predicted molar refractivity (Wildman–Crippen MR) is 80.4 cm³/mol. The van der Waals surface area contributed by atoms with Crippen molar-refractivity contribution in [2.24, 2.45) is 10.7 Å². The summed E-state index contributed by atoms with van der Waals surface area (Å²) in [5.74, 6) is 0.363. The van der Waals surface area contributed by atoms with Gasteiger partial charge in [-0.05, 0) is 32.4 Å². The molecule has 20 heavy (non-hydrogen) atoms. The second-order valence-electron chi connectivity index (χ2n) is 4.54. The standard InChI is InChI=1S/C14H17N5O/c1-8-6-4-5-7-11(8)17-13(15)19-14-16-10(3)9(2)12(20)18-14/h4-7H,1-3H3,(H4,15,16,17,18,19,20). The first-order chi connectivity index (χ1) is 9.47. The largest absolute Gasteiger partial charge is 0.369 e. The van der Waals surface area contributed by atoms with Gasteiger partial charge in [-0.15, -0.1) is 0 Å². The fourth-order valence-corrected chi connectivity index (χ4v) is 1.68. The molecule has 0 fully saturated rings. The normalized spacial score (nSPS) is 11.4. The van der Waals surface area contributed by atoms with Crippen LogP contribution in [0.15, 0.2) is 34.1 Å². The molecule has 2 rings (SSSR count). The molecule has 0 amide bonds. The summed E-state index contributed by atoms with van der Waals surface area (Å²) in [5.41, 5.74) is 8.74. The lowest BCUT2D eigenvalue weighted by atomic mass is 10.2. The van der Waals surface area contributed by atoms with Gasteiger partial charge in [0, 0.05) is 16.9 Å². The van der Waals surface area contributed by atoms with Crippen molar-refractivity contribution < 1.29 is 0 Å². The number of nitrogens with one attached hydrogen (secondary N) is 2. The highest BCUT2D eigenvalue weighted by Gasteiger charge is 2.04. The van der Waals surface area contributed by atoms with Crippen LogP contribution in [0.4, 0.5) is 11.6 Å². The minimum atomic E-state index is -0.208. The molecule has 0 spiro atoms. The number of nitrogens with zero attached hydrogens (tertiary/aromatic N) is 2. The van der Waals surface area contributed by atoms with Crippen LogP contribution in [0.5, 0.6) is 0 Å². The first kappa shape index (κ1) is 13.8. The van der Waals surface area contributed by atoms with Crippen molar-refractivity contribution >= 4 is 17.6 Å². The number of aliphatic imine (C=N–C) groups is 1. The van der Waals surface area contributed by atoms with Gasteiger partial charge in [0.25, 0.3) is 5.56 Å². The number of aromatic amines is 1. The molecule has 1 heterocycles. The monoisotopic (exact) mass is 271 g/mol. The highest BCUT2D eigenvalue weighted by atomic mass is 16.1. The molecule has 6 nitrogen and oxygen atoms in total. The van der Waals surface area contributed by atoms with E-state index in [1.165, 1.54) is 0 Å². The maximum Gasteiger partial charge on any atom is 0.255 e. The van der Waals surface area contributed by atoms with Crippen molar-refractivity contribution in [1.82, 2.24) is 9.97 Å². The second-order valence-corrected chi connectivity index (χ2v) is 4.54. The van der Waals surface area contributed by atoms with E-state index in [0.29, 0.717) is 11.3 Å². The van der Waals surface area contributed by atoms with Gasteiger partial charge in [-0.3, -0.25) is 9.78 Å². The van der Waals surface area contributed by atoms with Gasteiger partial charge in [0.2, 0.25) is 11.9 Å². The van der Waals surface area contributed by atoms with Gasteiger partial charge < -0.3 is 11.1 Å². The zero-order valence-corrected chi connectivity index (χ0v) is 11.7. The lowest BCUT2D eigenvalue weighted by Crippen LogP contribution is -2.23. The Bertz CT molecular complexity index is 718. The molecule has 0 aliphatic heterocycles. The minimum Gasteiger partial charge on any atom is -0.369 e. The average molecular weight is 271 g/mol. The fourth-order valence-electron chi connectivity index (χ4n) is 1.68. The summed E-state index contributed by atoms with van der Waals surface area (Å²) in [6.45, 7) is 5.43. The average Bonchev–Trinajstić information content (AvgIpc) is 2.38. The van der Waals surface area contributed by atoms with E-state index in [0.717, 1.165) is 11.3 Å². The van der Waals surface area contributed by atoms with Crippen molar-refractivity contribution in [3.8, 4) is 0 Å². The third-order valence-electron chi connectivity index (χ3n) is 3.02. The zero-order valence-electron chi connectivity index (χ0n) is 11.7. The van der Waals surface area contributed by atoms with Crippen molar-refractivity contribution in [2.75, 3.05) is 5.32 Å². The van der Waals surface area contributed by atoms with E-state index < -0.39 is 0 Å². The van der Waals surface area contributed by atoms with E-state index >= 15 is 0 Å². The predicted octanol–water partition coefficient (Wildman–Crippen LogP) is 1.75. The summed E-state index contributed by atoms with van der Waals surface area (Å²) in [5, 5.41) is 2.98. The number of anilines is 1. The van der Waals surface area contributed by atoms with Gasteiger partial charge in [-0.2, -0.15) is 4.99 Å². The molecule has 2 aromatic rings. The van der Waals surface area contributed by atoms with Crippen LogP contribution in [0.3, 0.4) is 0 Å². The van der Waals surface area contributed by atoms with Crippen LogP contribution in [0, 0.1) is 20.8 Å². The number of rotatable bonds is 2. The molecule has 6 heteroatoms. The molecular weight excluding hydrogens is 254 g/mol. The molecule has 0 unspecified atom stereocenters. The number of aryl methyl sites for hydroxylation is 2. The Labute approximate surface area is 116 Å². The Hall–Kier alpha value is -2.63. The molecule has 0 saturated heterocycles. The highest BCUT2D eigenvalue weighted by Crippen LogP contribution is 2.13. The van der Waals surface area contributed by atoms with Gasteiger partial charge in [0.05, 0.1) is 0 Å². The molecular formula is C14H17N5O. The van der Waals surface area contributed by atoms with Crippen LogP contribution in [0.2, 0.25) is 0 Å². The molecule has 0 bridgehead atoms. The van der Waals surface area contributed by atoms with E-state index in [1.54, 1.807) is 13.8 Å². The zero-order chi connectivity index (χ0) is 14.7. The lowest BCUT2D eigenvalue weighted by molar-refractivity contribution is 1.01. The van der Waals surface area contributed by atoms with E-state index in [9.17, 15) is 4.79 Å². The summed E-state index contributed by atoms with van der Waals surface area (Å²) in [6.07, 6.45) is 0. The number of benzene rings is 1. The number of guanidine groups is 1. The van der Waals surface area contributed by atoms with Crippen LogP contribution in [0.25, 0.3) is 0 Å². The van der Waals surface area contributed by atoms with E-state index in [2.05, 4.69) is 20.3 Å². The number of aromatic nitrogens is 2. The third kappa shape index (κ3) is 3.03. The Morgan fingerprint density at radius 3 is 2.65 bits per heavy atom. The molecule has 1 aromatic carbocycles. The number of hydrogen-bond acceptors (Lipinski definition) is 3. The van der Waals surface area contributed by atoms with Gasteiger partial charge in [-0.1, -0.05) is 18.2 Å². The summed E-state index contributed by atoms with van der Waals surface area (Å²) >= 11 is 0. The van der Waals surface area contributed by atoms with E-state index in [-0.39, 0.29) is 17.5 Å². The van der Waals surface area contributed by atoms with Crippen molar-refractivity contribution in [3.05, 3.63) is 51.4 Å². The molecule has 0 radical (unpaired) electrons. The minimum absolute atomic E-state index is 0.172. The number of para-hydroxylation sites is 1. The summed E-state index contributed by atoms with van der Waals surface area (Å²) in [6, 6.07) is 7.70. The fraction of sp³-hybridized carbons (Fsp3) is 0.214. The van der Waals surface area contributed by atoms with Crippen LogP contribution in [0.1, 0.15) is 16.8 Å². The molecule has 0 atom stereocenters.